The molecule has 3 atom stereocenters. The molecule has 8 heteroatoms. The Balaban J connectivity index is 4.03. The summed E-state index contributed by atoms with van der Waals surface area (Å²) in [6, 6.07) is 0. The maximum Gasteiger partial charge on any atom is 0.307 e. The van der Waals surface area contributed by atoms with E-state index < -0.39 is 42.1 Å². The average Bonchev–Trinajstić information content (AvgIpc) is 2.45. The summed E-state index contributed by atoms with van der Waals surface area (Å²) < 4.78 is 0. The first-order chi connectivity index (χ1) is 11.1. The van der Waals surface area contributed by atoms with Crippen molar-refractivity contribution in [3.05, 3.63) is 0 Å². The number of unbranched alkanes of at least 4 members (excludes halogenated alkanes) is 3. The van der Waals surface area contributed by atoms with Gasteiger partial charge in [0.15, 0.2) is 0 Å². The van der Waals surface area contributed by atoms with Crippen molar-refractivity contribution in [1.29, 1.82) is 0 Å². The van der Waals surface area contributed by atoms with Crippen LogP contribution in [0.15, 0.2) is 0 Å². The molecule has 0 heterocycles. The quantitative estimate of drug-likeness (QED) is 0.350. The van der Waals surface area contributed by atoms with Crippen LogP contribution in [0.4, 0.5) is 0 Å². The molecule has 0 aromatic heterocycles. The molecule has 0 saturated heterocycles. The molecule has 0 aromatic carbocycles. The zero-order valence-electron chi connectivity index (χ0n) is 13.8. The van der Waals surface area contributed by atoms with Crippen LogP contribution >= 0.6 is 0 Å². The molecule has 0 bridgehead atoms. The van der Waals surface area contributed by atoms with E-state index in [1.54, 1.807) is 6.92 Å². The topological polar surface area (TPSA) is 149 Å². The first kappa shape index (κ1) is 21.9. The second-order valence-electron chi connectivity index (χ2n) is 6.14. The predicted molar refractivity (Wildman–Crippen MR) is 83.6 cm³/mol. The van der Waals surface area contributed by atoms with Crippen molar-refractivity contribution in [3.8, 4) is 0 Å². The standard InChI is InChI=1S/C16H26O8/c1-10(12(16(23)24)9-14(19)20)6-4-2-3-5-7-11(15(21)22)8-13(17)18/h10-12H,2-9H2,1H3,(H,17,18)(H,19,20)(H,21,22)(H,23,24). The van der Waals surface area contributed by atoms with E-state index in [4.69, 9.17) is 20.4 Å². The Morgan fingerprint density at radius 2 is 1.21 bits per heavy atom. The maximum atomic E-state index is 11.1. The van der Waals surface area contributed by atoms with Gasteiger partial charge >= 0.3 is 23.9 Å². The minimum atomic E-state index is -1.13. The molecule has 0 aliphatic rings. The van der Waals surface area contributed by atoms with Crippen LogP contribution in [-0.4, -0.2) is 44.3 Å². The lowest BCUT2D eigenvalue weighted by atomic mass is 9.86. The molecule has 0 spiro atoms. The van der Waals surface area contributed by atoms with Crippen LogP contribution in [0.2, 0.25) is 0 Å². The lowest BCUT2D eigenvalue weighted by Gasteiger charge is -2.18. The average molecular weight is 346 g/mol. The van der Waals surface area contributed by atoms with Gasteiger partial charge in [-0.1, -0.05) is 32.6 Å². The highest BCUT2D eigenvalue weighted by atomic mass is 16.4. The van der Waals surface area contributed by atoms with E-state index in [-0.39, 0.29) is 12.3 Å². The largest absolute Gasteiger partial charge is 0.481 e. The van der Waals surface area contributed by atoms with Crippen LogP contribution in [0.1, 0.15) is 58.3 Å². The number of aliphatic carboxylic acids is 4. The van der Waals surface area contributed by atoms with Gasteiger partial charge in [-0.15, -0.1) is 0 Å². The van der Waals surface area contributed by atoms with Crippen molar-refractivity contribution in [2.24, 2.45) is 17.8 Å². The van der Waals surface area contributed by atoms with Crippen LogP contribution < -0.4 is 0 Å². The van der Waals surface area contributed by atoms with E-state index >= 15 is 0 Å². The fourth-order valence-corrected chi connectivity index (χ4v) is 2.66. The number of carboxylic acids is 4. The molecule has 3 unspecified atom stereocenters. The van der Waals surface area contributed by atoms with E-state index in [1.165, 1.54) is 0 Å². The van der Waals surface area contributed by atoms with Crippen molar-refractivity contribution in [1.82, 2.24) is 0 Å². The third kappa shape index (κ3) is 9.81. The number of hydrogen-bond acceptors (Lipinski definition) is 4. The van der Waals surface area contributed by atoms with Crippen LogP contribution in [0.3, 0.4) is 0 Å². The van der Waals surface area contributed by atoms with Gasteiger partial charge in [0, 0.05) is 0 Å². The van der Waals surface area contributed by atoms with Gasteiger partial charge in [0.2, 0.25) is 0 Å². The van der Waals surface area contributed by atoms with Gasteiger partial charge in [0.05, 0.1) is 24.7 Å². The normalized spacial score (nSPS) is 14.5. The Kier molecular flexibility index (Phi) is 10.4. The summed E-state index contributed by atoms with van der Waals surface area (Å²) in [5.74, 6) is -6.52. The van der Waals surface area contributed by atoms with Crippen molar-refractivity contribution < 1.29 is 39.6 Å². The van der Waals surface area contributed by atoms with E-state index in [2.05, 4.69) is 0 Å². The molecule has 0 amide bonds. The Morgan fingerprint density at radius 1 is 0.708 bits per heavy atom. The Morgan fingerprint density at radius 3 is 1.62 bits per heavy atom. The second-order valence-corrected chi connectivity index (χ2v) is 6.14. The van der Waals surface area contributed by atoms with E-state index in [0.29, 0.717) is 19.3 Å². The van der Waals surface area contributed by atoms with E-state index in [0.717, 1.165) is 19.3 Å². The molecule has 0 fully saturated rings. The first-order valence-electron chi connectivity index (χ1n) is 8.04. The van der Waals surface area contributed by atoms with Gasteiger partial charge in [-0.2, -0.15) is 0 Å². The molecule has 4 N–H and O–H groups in total. The van der Waals surface area contributed by atoms with Crippen molar-refractivity contribution in [2.75, 3.05) is 0 Å². The van der Waals surface area contributed by atoms with Crippen LogP contribution in [-0.2, 0) is 19.2 Å². The summed E-state index contributed by atoms with van der Waals surface area (Å²) in [7, 11) is 0. The number of rotatable bonds is 14. The number of carbonyl (C=O) groups is 4. The molecular formula is C16H26O8. The highest BCUT2D eigenvalue weighted by molar-refractivity contribution is 5.78. The fourth-order valence-electron chi connectivity index (χ4n) is 2.66. The van der Waals surface area contributed by atoms with Crippen molar-refractivity contribution in [3.63, 3.8) is 0 Å². The maximum absolute atomic E-state index is 11.1. The van der Waals surface area contributed by atoms with Crippen molar-refractivity contribution >= 4 is 23.9 Å². The highest BCUT2D eigenvalue weighted by Crippen LogP contribution is 2.23. The Bertz CT molecular complexity index is 445. The second kappa shape index (κ2) is 11.4. The molecule has 0 aliphatic carbocycles. The summed E-state index contributed by atoms with van der Waals surface area (Å²) in [6.07, 6.45) is 2.91. The van der Waals surface area contributed by atoms with Crippen LogP contribution in [0.5, 0.6) is 0 Å². The summed E-state index contributed by atoms with van der Waals surface area (Å²) in [4.78, 5) is 43.2. The zero-order chi connectivity index (χ0) is 18.7. The molecular weight excluding hydrogens is 320 g/mol. The fraction of sp³-hybridized carbons (Fsp3) is 0.750. The van der Waals surface area contributed by atoms with Crippen LogP contribution in [0.25, 0.3) is 0 Å². The molecule has 0 rings (SSSR count). The van der Waals surface area contributed by atoms with Gasteiger partial charge < -0.3 is 20.4 Å². The van der Waals surface area contributed by atoms with Gasteiger partial charge in [0.1, 0.15) is 0 Å². The molecule has 138 valence electrons. The zero-order valence-corrected chi connectivity index (χ0v) is 13.8. The minimum absolute atomic E-state index is 0.252. The van der Waals surface area contributed by atoms with Gasteiger partial charge in [-0.05, 0) is 18.8 Å². The van der Waals surface area contributed by atoms with Crippen molar-refractivity contribution in [2.45, 2.75) is 58.3 Å². The smallest absolute Gasteiger partial charge is 0.307 e. The molecule has 0 saturated carbocycles. The summed E-state index contributed by atoms with van der Waals surface area (Å²) in [6.45, 7) is 1.72. The Hall–Kier alpha value is -2.12. The molecule has 8 nitrogen and oxygen atoms in total. The number of carboxylic acid groups (broad SMARTS) is 4. The number of hydrogen-bond donors (Lipinski definition) is 4. The summed E-state index contributed by atoms with van der Waals surface area (Å²) in [5.41, 5.74) is 0. The molecule has 24 heavy (non-hydrogen) atoms. The minimum Gasteiger partial charge on any atom is -0.481 e. The van der Waals surface area contributed by atoms with E-state index in [1.807, 2.05) is 0 Å². The lowest BCUT2D eigenvalue weighted by Crippen LogP contribution is -2.24. The summed E-state index contributed by atoms with van der Waals surface area (Å²) in [5, 5.41) is 35.3. The predicted octanol–water partition coefficient (Wildman–Crippen LogP) is 2.31. The van der Waals surface area contributed by atoms with Gasteiger partial charge in [-0.25, -0.2) is 0 Å². The van der Waals surface area contributed by atoms with E-state index in [9.17, 15) is 19.2 Å². The molecule has 0 aliphatic heterocycles. The highest BCUT2D eigenvalue weighted by Gasteiger charge is 2.26. The van der Waals surface area contributed by atoms with Gasteiger partial charge in [-0.3, -0.25) is 19.2 Å². The first-order valence-corrected chi connectivity index (χ1v) is 8.04. The lowest BCUT2D eigenvalue weighted by molar-refractivity contribution is -0.150. The monoisotopic (exact) mass is 346 g/mol. The SMILES string of the molecule is CC(CCCCCCC(CC(=O)O)C(=O)O)C(CC(=O)O)C(=O)O. The van der Waals surface area contributed by atoms with Crippen LogP contribution in [0, 0.1) is 17.8 Å². The third-order valence-electron chi connectivity index (χ3n) is 4.13. The third-order valence-corrected chi connectivity index (χ3v) is 4.13. The Labute approximate surface area is 140 Å². The van der Waals surface area contributed by atoms with Gasteiger partial charge in [0.25, 0.3) is 0 Å². The molecule has 0 radical (unpaired) electrons. The molecule has 0 aromatic rings. The summed E-state index contributed by atoms with van der Waals surface area (Å²) >= 11 is 0.